The summed E-state index contributed by atoms with van der Waals surface area (Å²) in [5.74, 6) is -0.0269. The van der Waals surface area contributed by atoms with E-state index in [9.17, 15) is 4.79 Å². The number of halogens is 2. The second-order valence-corrected chi connectivity index (χ2v) is 4.58. The highest BCUT2D eigenvalue weighted by atomic mass is 79.9. The van der Waals surface area contributed by atoms with Gasteiger partial charge in [0.05, 0.1) is 7.11 Å². The molecule has 0 saturated carbocycles. The number of hydrogen-bond donors (Lipinski definition) is 1. The molecule has 1 amide bonds. The first-order valence-electron chi connectivity index (χ1n) is 5.10. The Kier molecular flexibility index (Phi) is 4.28. The normalized spacial score (nSPS) is 10.1. The molecule has 2 aromatic heterocycles. The van der Waals surface area contributed by atoms with Crippen LogP contribution in [0.4, 0.5) is 5.95 Å². The molecule has 0 radical (unpaired) electrons. The Morgan fingerprint density at radius 1 is 1.42 bits per heavy atom. The van der Waals surface area contributed by atoms with Crippen molar-refractivity contribution in [2.45, 2.75) is 0 Å². The van der Waals surface area contributed by atoms with Crippen molar-refractivity contribution in [2.24, 2.45) is 0 Å². The Hall–Kier alpha value is -1.73. The number of nitrogens with one attached hydrogen (secondary N) is 1. The molecular formula is C11H8BrClN4O2. The number of aromatic nitrogens is 3. The van der Waals surface area contributed by atoms with Gasteiger partial charge in [0, 0.05) is 17.8 Å². The van der Waals surface area contributed by atoms with Gasteiger partial charge in [-0.05, 0) is 28.1 Å². The van der Waals surface area contributed by atoms with Crippen molar-refractivity contribution in [2.75, 3.05) is 12.4 Å². The maximum absolute atomic E-state index is 12.0. The third-order valence-corrected chi connectivity index (χ3v) is 2.72. The predicted octanol–water partition coefficient (Wildman–Crippen LogP) is 2.55. The van der Waals surface area contributed by atoms with Gasteiger partial charge in [0.2, 0.25) is 11.8 Å². The van der Waals surface area contributed by atoms with E-state index in [0.717, 1.165) is 0 Å². The zero-order valence-electron chi connectivity index (χ0n) is 9.72. The smallest absolute Gasteiger partial charge is 0.258 e. The van der Waals surface area contributed by atoms with Crippen LogP contribution >= 0.6 is 27.5 Å². The quantitative estimate of drug-likeness (QED) is 0.684. The maximum atomic E-state index is 12.0. The van der Waals surface area contributed by atoms with Crippen LogP contribution in [-0.4, -0.2) is 28.0 Å². The highest BCUT2D eigenvalue weighted by Gasteiger charge is 2.10. The van der Waals surface area contributed by atoms with Crippen LogP contribution in [0, 0.1) is 0 Å². The molecule has 1 N–H and O–H groups in total. The summed E-state index contributed by atoms with van der Waals surface area (Å²) in [5, 5.41) is 2.71. The summed E-state index contributed by atoms with van der Waals surface area (Å²) in [6.07, 6.45) is 1.51. The van der Waals surface area contributed by atoms with Crippen molar-refractivity contribution in [1.82, 2.24) is 15.0 Å². The molecule has 0 bridgehead atoms. The maximum Gasteiger partial charge on any atom is 0.258 e. The van der Waals surface area contributed by atoms with Crippen molar-refractivity contribution in [3.05, 3.63) is 39.7 Å². The zero-order chi connectivity index (χ0) is 13.8. The molecule has 0 aliphatic carbocycles. The van der Waals surface area contributed by atoms with Gasteiger partial charge in [0.25, 0.3) is 5.91 Å². The minimum Gasteiger partial charge on any atom is -0.481 e. The molecule has 8 heteroatoms. The molecule has 0 unspecified atom stereocenters. The van der Waals surface area contributed by atoms with Gasteiger partial charge in [-0.1, -0.05) is 11.6 Å². The summed E-state index contributed by atoms with van der Waals surface area (Å²) in [7, 11) is 1.45. The summed E-state index contributed by atoms with van der Waals surface area (Å²) in [6, 6.07) is 4.60. The molecule has 0 fully saturated rings. The fourth-order valence-electron chi connectivity index (χ4n) is 1.27. The summed E-state index contributed by atoms with van der Waals surface area (Å²) in [6.45, 7) is 0. The fraction of sp³-hybridized carbons (Fsp3) is 0.0909. The summed E-state index contributed by atoms with van der Waals surface area (Å²) >= 11 is 8.97. The summed E-state index contributed by atoms with van der Waals surface area (Å²) < 4.78 is 5.50. The van der Waals surface area contributed by atoms with Crippen molar-refractivity contribution in [3.63, 3.8) is 0 Å². The lowest BCUT2D eigenvalue weighted by molar-refractivity contribution is 0.102. The van der Waals surface area contributed by atoms with E-state index in [1.54, 1.807) is 12.1 Å². The van der Waals surface area contributed by atoms with Crippen LogP contribution in [0.1, 0.15) is 10.4 Å². The first-order valence-corrected chi connectivity index (χ1v) is 6.27. The lowest BCUT2D eigenvalue weighted by Crippen LogP contribution is -2.14. The molecule has 0 saturated heterocycles. The number of hydrogen-bond acceptors (Lipinski definition) is 5. The second-order valence-electron chi connectivity index (χ2n) is 3.38. The molecular weight excluding hydrogens is 336 g/mol. The van der Waals surface area contributed by atoms with E-state index < -0.39 is 0 Å². The van der Waals surface area contributed by atoms with Crippen LogP contribution in [0.25, 0.3) is 0 Å². The van der Waals surface area contributed by atoms with Gasteiger partial charge in [-0.15, -0.1) is 0 Å². The number of pyridine rings is 1. The van der Waals surface area contributed by atoms with Gasteiger partial charge in [0.15, 0.2) is 0 Å². The number of anilines is 1. The number of carbonyl (C=O) groups is 1. The third kappa shape index (κ3) is 3.62. The van der Waals surface area contributed by atoms with Crippen LogP contribution in [0.3, 0.4) is 0 Å². The van der Waals surface area contributed by atoms with Gasteiger partial charge in [0.1, 0.15) is 9.76 Å². The highest BCUT2D eigenvalue weighted by Crippen LogP contribution is 2.16. The van der Waals surface area contributed by atoms with Gasteiger partial charge in [-0.3, -0.25) is 10.1 Å². The van der Waals surface area contributed by atoms with Crippen LogP contribution in [0.2, 0.25) is 5.15 Å². The zero-order valence-corrected chi connectivity index (χ0v) is 12.1. The second kappa shape index (κ2) is 5.94. The lowest BCUT2D eigenvalue weighted by Gasteiger charge is -2.06. The average Bonchev–Trinajstić information content (AvgIpc) is 2.38. The molecule has 98 valence electrons. The molecule has 2 aromatic rings. The molecule has 6 nitrogen and oxygen atoms in total. The number of rotatable bonds is 3. The van der Waals surface area contributed by atoms with E-state index in [0.29, 0.717) is 10.2 Å². The van der Waals surface area contributed by atoms with Crippen molar-refractivity contribution >= 4 is 39.4 Å². The van der Waals surface area contributed by atoms with Gasteiger partial charge in [-0.25, -0.2) is 9.97 Å². The Morgan fingerprint density at radius 3 is 2.89 bits per heavy atom. The molecule has 2 rings (SSSR count). The molecule has 19 heavy (non-hydrogen) atoms. The van der Waals surface area contributed by atoms with Crippen LogP contribution in [-0.2, 0) is 0 Å². The highest BCUT2D eigenvalue weighted by molar-refractivity contribution is 9.10. The Labute approximate surface area is 122 Å². The van der Waals surface area contributed by atoms with Crippen molar-refractivity contribution in [1.29, 1.82) is 0 Å². The Morgan fingerprint density at radius 2 is 2.21 bits per heavy atom. The Bertz CT molecular complexity index is 623. The SMILES string of the molecule is COc1cc(Cl)nc(NC(=O)c2ccnc(Br)c2)n1. The molecule has 0 spiro atoms. The molecule has 2 heterocycles. The van der Waals surface area contributed by atoms with Gasteiger partial charge < -0.3 is 4.74 Å². The number of amides is 1. The van der Waals surface area contributed by atoms with E-state index in [2.05, 4.69) is 36.2 Å². The average molecular weight is 344 g/mol. The number of nitrogens with zero attached hydrogens (tertiary/aromatic N) is 3. The predicted molar refractivity (Wildman–Crippen MR) is 73.5 cm³/mol. The molecule has 0 aliphatic heterocycles. The van der Waals surface area contributed by atoms with E-state index in [-0.39, 0.29) is 22.9 Å². The minimum absolute atomic E-state index is 0.0716. The largest absolute Gasteiger partial charge is 0.481 e. The minimum atomic E-state index is -0.368. The Balaban J connectivity index is 2.21. The van der Waals surface area contributed by atoms with Crippen LogP contribution in [0.5, 0.6) is 5.88 Å². The van der Waals surface area contributed by atoms with E-state index in [1.165, 1.54) is 19.4 Å². The molecule has 0 atom stereocenters. The topological polar surface area (TPSA) is 77.0 Å². The first-order chi connectivity index (χ1) is 9.08. The van der Waals surface area contributed by atoms with E-state index in [1.807, 2.05) is 0 Å². The van der Waals surface area contributed by atoms with Crippen molar-refractivity contribution in [3.8, 4) is 5.88 Å². The standard InChI is InChI=1S/C11H8BrClN4O2/c1-19-9-5-8(13)15-11(16-9)17-10(18)6-2-3-14-7(12)4-6/h2-5H,1H3,(H,15,16,17,18). The third-order valence-electron chi connectivity index (χ3n) is 2.09. The van der Waals surface area contributed by atoms with E-state index >= 15 is 0 Å². The van der Waals surface area contributed by atoms with Gasteiger partial charge >= 0.3 is 0 Å². The number of methoxy groups -OCH3 is 1. The summed E-state index contributed by atoms with van der Waals surface area (Å²) in [5.41, 5.74) is 0.421. The number of carbonyl (C=O) groups excluding carboxylic acids is 1. The molecule has 0 aliphatic rings. The van der Waals surface area contributed by atoms with Gasteiger partial charge in [-0.2, -0.15) is 4.98 Å². The monoisotopic (exact) mass is 342 g/mol. The summed E-state index contributed by atoms with van der Waals surface area (Å²) in [4.78, 5) is 23.7. The van der Waals surface area contributed by atoms with Crippen molar-refractivity contribution < 1.29 is 9.53 Å². The van der Waals surface area contributed by atoms with E-state index in [4.69, 9.17) is 16.3 Å². The van der Waals surface area contributed by atoms with Crippen LogP contribution in [0.15, 0.2) is 29.0 Å². The van der Waals surface area contributed by atoms with Crippen LogP contribution < -0.4 is 10.1 Å². The fourth-order valence-corrected chi connectivity index (χ4v) is 1.81. The number of ether oxygens (including phenoxy) is 1. The first kappa shape index (κ1) is 13.7. The lowest BCUT2D eigenvalue weighted by atomic mass is 10.2. The molecule has 0 aromatic carbocycles.